The third-order valence-electron chi connectivity index (χ3n) is 3.47. The maximum absolute atomic E-state index is 6.25. The Hall–Kier alpha value is 0.0400. The third-order valence-corrected chi connectivity index (χ3v) is 4.45. The molecule has 1 N–H and O–H groups in total. The van der Waals surface area contributed by atoms with Gasteiger partial charge in [-0.1, -0.05) is 25.4 Å². The SMILES string of the molecule is CC1CC(C)CC(Nc2ccc(I)cc2Cl)C1. The van der Waals surface area contributed by atoms with E-state index in [0.717, 1.165) is 22.5 Å². The molecule has 1 aromatic rings. The van der Waals surface area contributed by atoms with Crippen LogP contribution >= 0.6 is 34.2 Å². The van der Waals surface area contributed by atoms with E-state index in [1.54, 1.807) is 0 Å². The van der Waals surface area contributed by atoms with Crippen LogP contribution in [0.25, 0.3) is 0 Å². The molecule has 0 aliphatic heterocycles. The van der Waals surface area contributed by atoms with Gasteiger partial charge < -0.3 is 5.32 Å². The fourth-order valence-corrected chi connectivity index (χ4v) is 3.80. The summed E-state index contributed by atoms with van der Waals surface area (Å²) in [5.41, 5.74) is 1.08. The van der Waals surface area contributed by atoms with Gasteiger partial charge in [0.2, 0.25) is 0 Å². The quantitative estimate of drug-likeness (QED) is 0.714. The van der Waals surface area contributed by atoms with E-state index in [-0.39, 0.29) is 0 Å². The van der Waals surface area contributed by atoms with Crippen molar-refractivity contribution in [1.29, 1.82) is 0 Å². The van der Waals surface area contributed by atoms with Crippen molar-refractivity contribution < 1.29 is 0 Å². The van der Waals surface area contributed by atoms with E-state index in [1.165, 1.54) is 22.8 Å². The summed E-state index contributed by atoms with van der Waals surface area (Å²) in [6.07, 6.45) is 3.87. The Bertz CT molecular complexity index is 384. The lowest BCUT2D eigenvalue weighted by Gasteiger charge is -2.32. The number of nitrogens with one attached hydrogen (secondary N) is 1. The average molecular weight is 364 g/mol. The maximum Gasteiger partial charge on any atom is 0.0648 e. The van der Waals surface area contributed by atoms with E-state index in [9.17, 15) is 0 Å². The zero-order valence-corrected chi connectivity index (χ0v) is 13.3. The summed E-state index contributed by atoms with van der Waals surface area (Å²) in [6, 6.07) is 6.78. The van der Waals surface area contributed by atoms with Gasteiger partial charge in [-0.25, -0.2) is 0 Å². The molecule has 2 unspecified atom stereocenters. The molecular formula is C14H19ClIN. The van der Waals surface area contributed by atoms with Gasteiger partial charge in [0.1, 0.15) is 0 Å². The topological polar surface area (TPSA) is 12.0 Å². The molecule has 94 valence electrons. The Morgan fingerprint density at radius 2 is 1.82 bits per heavy atom. The van der Waals surface area contributed by atoms with Crippen molar-refractivity contribution in [1.82, 2.24) is 0 Å². The zero-order valence-electron chi connectivity index (χ0n) is 10.3. The second-order valence-electron chi connectivity index (χ2n) is 5.38. The highest BCUT2D eigenvalue weighted by molar-refractivity contribution is 14.1. The van der Waals surface area contributed by atoms with E-state index in [1.807, 2.05) is 6.07 Å². The number of halogens is 2. The van der Waals surface area contributed by atoms with Gasteiger partial charge in [-0.15, -0.1) is 0 Å². The van der Waals surface area contributed by atoms with Gasteiger partial charge in [0.25, 0.3) is 0 Å². The monoisotopic (exact) mass is 363 g/mol. The van der Waals surface area contributed by atoms with E-state index >= 15 is 0 Å². The second kappa shape index (κ2) is 5.79. The third kappa shape index (κ3) is 3.75. The lowest BCUT2D eigenvalue weighted by Crippen LogP contribution is -2.30. The minimum absolute atomic E-state index is 0.575. The molecule has 0 spiro atoms. The molecule has 1 aromatic carbocycles. The van der Waals surface area contributed by atoms with E-state index in [4.69, 9.17) is 11.6 Å². The Morgan fingerprint density at radius 3 is 2.41 bits per heavy atom. The van der Waals surface area contributed by atoms with Gasteiger partial charge in [-0.3, -0.25) is 0 Å². The molecule has 0 bridgehead atoms. The van der Waals surface area contributed by atoms with Gasteiger partial charge in [-0.05, 0) is 71.9 Å². The fraction of sp³-hybridized carbons (Fsp3) is 0.571. The van der Waals surface area contributed by atoms with E-state index in [0.29, 0.717) is 6.04 Å². The van der Waals surface area contributed by atoms with Crippen molar-refractivity contribution in [3.8, 4) is 0 Å². The van der Waals surface area contributed by atoms with Gasteiger partial charge >= 0.3 is 0 Å². The van der Waals surface area contributed by atoms with Gasteiger partial charge in [0.15, 0.2) is 0 Å². The number of benzene rings is 1. The van der Waals surface area contributed by atoms with E-state index < -0.39 is 0 Å². The lowest BCUT2D eigenvalue weighted by molar-refractivity contribution is 0.281. The molecule has 1 aliphatic rings. The molecule has 0 amide bonds. The zero-order chi connectivity index (χ0) is 12.4. The predicted octanol–water partition coefficient (Wildman–Crippen LogP) is 5.18. The molecule has 1 aliphatic carbocycles. The molecule has 17 heavy (non-hydrogen) atoms. The van der Waals surface area contributed by atoms with Crippen LogP contribution in [-0.4, -0.2) is 6.04 Å². The van der Waals surface area contributed by atoms with Crippen molar-refractivity contribution >= 4 is 39.9 Å². The molecule has 1 saturated carbocycles. The molecular weight excluding hydrogens is 345 g/mol. The van der Waals surface area contributed by atoms with Crippen LogP contribution in [-0.2, 0) is 0 Å². The minimum atomic E-state index is 0.575. The summed E-state index contributed by atoms with van der Waals surface area (Å²) >= 11 is 8.54. The standard InChI is InChI=1S/C14H19ClIN/c1-9-5-10(2)7-12(6-9)17-14-4-3-11(16)8-13(14)15/h3-4,8-10,12,17H,5-7H2,1-2H3. The Morgan fingerprint density at radius 1 is 1.18 bits per heavy atom. The second-order valence-corrected chi connectivity index (χ2v) is 7.04. The van der Waals surface area contributed by atoms with Crippen molar-refractivity contribution in [2.75, 3.05) is 5.32 Å². The first-order valence-corrected chi connectivity index (χ1v) is 7.72. The van der Waals surface area contributed by atoms with Crippen molar-refractivity contribution in [2.24, 2.45) is 11.8 Å². The lowest BCUT2D eigenvalue weighted by atomic mass is 9.80. The highest BCUT2D eigenvalue weighted by Crippen LogP contribution is 2.32. The molecule has 1 nitrogen and oxygen atoms in total. The summed E-state index contributed by atoms with van der Waals surface area (Å²) in [7, 11) is 0. The number of rotatable bonds is 2. The van der Waals surface area contributed by atoms with Crippen molar-refractivity contribution in [2.45, 2.75) is 39.2 Å². The highest BCUT2D eigenvalue weighted by atomic mass is 127. The largest absolute Gasteiger partial charge is 0.381 e. The minimum Gasteiger partial charge on any atom is -0.381 e. The molecule has 0 saturated heterocycles. The van der Waals surface area contributed by atoms with Crippen LogP contribution in [0.2, 0.25) is 5.02 Å². The smallest absolute Gasteiger partial charge is 0.0648 e. The maximum atomic E-state index is 6.25. The molecule has 0 aromatic heterocycles. The van der Waals surface area contributed by atoms with E-state index in [2.05, 4.69) is 53.9 Å². The summed E-state index contributed by atoms with van der Waals surface area (Å²) in [4.78, 5) is 0. The van der Waals surface area contributed by atoms with Gasteiger partial charge in [0, 0.05) is 9.61 Å². The summed E-state index contributed by atoms with van der Waals surface area (Å²) in [5.74, 6) is 1.64. The van der Waals surface area contributed by atoms with Crippen LogP contribution in [0.5, 0.6) is 0 Å². The average Bonchev–Trinajstić information content (AvgIpc) is 2.21. The van der Waals surface area contributed by atoms with Crippen LogP contribution in [0.1, 0.15) is 33.1 Å². The first kappa shape index (κ1) is 13.5. The summed E-state index contributed by atoms with van der Waals surface area (Å²) < 4.78 is 1.18. The van der Waals surface area contributed by atoms with Gasteiger partial charge in [0.05, 0.1) is 10.7 Å². The number of anilines is 1. The number of hydrogen-bond donors (Lipinski definition) is 1. The highest BCUT2D eigenvalue weighted by Gasteiger charge is 2.24. The Kier molecular flexibility index (Phi) is 4.59. The van der Waals surface area contributed by atoms with Gasteiger partial charge in [-0.2, -0.15) is 0 Å². The molecule has 1 fully saturated rings. The molecule has 3 heteroatoms. The first-order valence-electron chi connectivity index (χ1n) is 6.26. The summed E-state index contributed by atoms with van der Waals surface area (Å²) in [6.45, 7) is 4.69. The van der Waals surface area contributed by atoms with Crippen molar-refractivity contribution in [3.63, 3.8) is 0 Å². The molecule has 0 heterocycles. The van der Waals surface area contributed by atoms with Crippen LogP contribution in [0, 0.1) is 15.4 Å². The molecule has 0 radical (unpaired) electrons. The summed E-state index contributed by atoms with van der Waals surface area (Å²) in [5, 5.41) is 4.44. The van der Waals surface area contributed by atoms with Crippen LogP contribution in [0.3, 0.4) is 0 Å². The van der Waals surface area contributed by atoms with Crippen molar-refractivity contribution in [3.05, 3.63) is 26.8 Å². The molecule has 2 atom stereocenters. The molecule has 2 rings (SSSR count). The van der Waals surface area contributed by atoms with Crippen LogP contribution in [0.4, 0.5) is 5.69 Å². The first-order chi connectivity index (χ1) is 8.04. The number of hydrogen-bond acceptors (Lipinski definition) is 1. The van der Waals surface area contributed by atoms with Crippen LogP contribution in [0.15, 0.2) is 18.2 Å². The van der Waals surface area contributed by atoms with Crippen LogP contribution < -0.4 is 5.32 Å². The normalized spacial score (nSPS) is 29.1. The Balaban J connectivity index is 2.04. The Labute approximate surface area is 122 Å². The predicted molar refractivity (Wildman–Crippen MR) is 83.8 cm³/mol. The fourth-order valence-electron chi connectivity index (χ4n) is 2.89.